The van der Waals surface area contributed by atoms with Gasteiger partial charge in [-0.3, -0.25) is 0 Å². The molecule has 0 spiro atoms. The highest BCUT2D eigenvalue weighted by molar-refractivity contribution is 6.00. The number of carboxylic acids is 1. The van der Waals surface area contributed by atoms with Gasteiger partial charge >= 0.3 is 12.0 Å². The third kappa shape index (κ3) is 3.29. The minimum Gasteiger partial charge on any atom is -0.478 e. The Morgan fingerprint density at radius 3 is 2.60 bits per heavy atom. The van der Waals surface area contributed by atoms with E-state index in [-0.39, 0.29) is 11.6 Å². The van der Waals surface area contributed by atoms with E-state index < -0.39 is 5.97 Å². The lowest BCUT2D eigenvalue weighted by Crippen LogP contribution is -2.31. The van der Waals surface area contributed by atoms with Gasteiger partial charge in [0.05, 0.1) is 11.3 Å². The van der Waals surface area contributed by atoms with Crippen LogP contribution in [0.5, 0.6) is 0 Å². The molecule has 0 heterocycles. The number of amides is 2. The number of urea groups is 1. The van der Waals surface area contributed by atoms with E-state index in [1.54, 1.807) is 18.2 Å². The van der Waals surface area contributed by atoms with Gasteiger partial charge in [-0.05, 0) is 36.8 Å². The van der Waals surface area contributed by atoms with Crippen molar-refractivity contribution in [2.75, 3.05) is 11.9 Å². The fourth-order valence-electron chi connectivity index (χ4n) is 2.25. The van der Waals surface area contributed by atoms with Gasteiger partial charge in [-0.2, -0.15) is 0 Å². The van der Waals surface area contributed by atoms with Crippen LogP contribution in [-0.2, 0) is 0 Å². The molecule has 1 unspecified atom stereocenters. The van der Waals surface area contributed by atoms with Crippen molar-refractivity contribution in [3.8, 4) is 0 Å². The van der Waals surface area contributed by atoms with Crippen molar-refractivity contribution >= 4 is 17.7 Å². The number of carbonyl (C=O) groups is 2. The second-order valence-corrected chi connectivity index (χ2v) is 6.08. The predicted octanol–water partition coefficient (Wildman–Crippen LogP) is 2.86. The highest BCUT2D eigenvalue weighted by atomic mass is 16.4. The third-order valence-electron chi connectivity index (χ3n) is 3.88. The predicted molar refractivity (Wildman–Crippen MR) is 77.0 cm³/mol. The standard InChI is InChI=1S/C15H20N2O3/c1-9-4-5-12(11(6-9)13(18)19)17-14(20)16-8-10-7-15(10,2)3/h4-6,10H,7-8H2,1-3H3,(H,18,19)(H2,16,17,20). The molecule has 0 saturated heterocycles. The van der Waals surface area contributed by atoms with Crippen molar-refractivity contribution in [2.24, 2.45) is 11.3 Å². The Kier molecular flexibility index (Phi) is 3.70. The lowest BCUT2D eigenvalue weighted by Gasteiger charge is -2.11. The minimum absolute atomic E-state index is 0.104. The monoisotopic (exact) mass is 276 g/mol. The maximum atomic E-state index is 11.8. The molecular weight excluding hydrogens is 256 g/mol. The van der Waals surface area contributed by atoms with E-state index >= 15 is 0 Å². The first-order valence-corrected chi connectivity index (χ1v) is 6.68. The van der Waals surface area contributed by atoms with Gasteiger partial charge < -0.3 is 15.7 Å². The van der Waals surface area contributed by atoms with Crippen molar-refractivity contribution in [1.29, 1.82) is 0 Å². The highest BCUT2D eigenvalue weighted by Crippen LogP contribution is 2.50. The quantitative estimate of drug-likeness (QED) is 0.791. The summed E-state index contributed by atoms with van der Waals surface area (Å²) < 4.78 is 0. The van der Waals surface area contributed by atoms with E-state index in [2.05, 4.69) is 24.5 Å². The molecule has 108 valence electrons. The fourth-order valence-corrected chi connectivity index (χ4v) is 2.25. The Bertz CT molecular complexity index is 552. The van der Waals surface area contributed by atoms with Crippen molar-refractivity contribution in [1.82, 2.24) is 5.32 Å². The van der Waals surface area contributed by atoms with Gasteiger partial charge in [0.1, 0.15) is 0 Å². The van der Waals surface area contributed by atoms with E-state index in [4.69, 9.17) is 5.11 Å². The van der Waals surface area contributed by atoms with E-state index in [0.717, 1.165) is 12.0 Å². The largest absolute Gasteiger partial charge is 0.478 e. The Balaban J connectivity index is 1.96. The molecule has 2 rings (SSSR count). The zero-order valence-electron chi connectivity index (χ0n) is 12.0. The fraction of sp³-hybridized carbons (Fsp3) is 0.467. The van der Waals surface area contributed by atoms with E-state index in [1.165, 1.54) is 0 Å². The van der Waals surface area contributed by atoms with Crippen LogP contribution in [-0.4, -0.2) is 23.7 Å². The summed E-state index contributed by atoms with van der Waals surface area (Å²) in [4.78, 5) is 22.9. The van der Waals surface area contributed by atoms with E-state index in [1.807, 2.05) is 6.92 Å². The lowest BCUT2D eigenvalue weighted by molar-refractivity contribution is 0.0698. The van der Waals surface area contributed by atoms with Gasteiger partial charge in [0.15, 0.2) is 0 Å². The van der Waals surface area contributed by atoms with Gasteiger partial charge in [-0.1, -0.05) is 25.5 Å². The molecule has 1 fully saturated rings. The van der Waals surface area contributed by atoms with Crippen LogP contribution >= 0.6 is 0 Å². The Morgan fingerprint density at radius 1 is 1.40 bits per heavy atom. The first-order chi connectivity index (χ1) is 9.29. The first-order valence-electron chi connectivity index (χ1n) is 6.68. The van der Waals surface area contributed by atoms with Gasteiger partial charge in [0.2, 0.25) is 0 Å². The number of nitrogens with one attached hydrogen (secondary N) is 2. The van der Waals surface area contributed by atoms with Crippen LogP contribution in [0.15, 0.2) is 18.2 Å². The summed E-state index contributed by atoms with van der Waals surface area (Å²) in [5.41, 5.74) is 1.57. The number of carbonyl (C=O) groups excluding carboxylic acids is 1. The molecule has 0 bridgehead atoms. The van der Waals surface area contributed by atoms with Crippen LogP contribution in [0.25, 0.3) is 0 Å². The number of aromatic carboxylic acids is 1. The van der Waals surface area contributed by atoms with Crippen LogP contribution in [0.1, 0.15) is 36.2 Å². The summed E-state index contributed by atoms with van der Waals surface area (Å²) in [5.74, 6) is -0.544. The first kappa shape index (κ1) is 14.4. The van der Waals surface area contributed by atoms with Crippen LogP contribution < -0.4 is 10.6 Å². The number of aryl methyl sites for hydroxylation is 1. The summed E-state index contributed by atoms with van der Waals surface area (Å²) in [6.45, 7) is 6.76. The smallest absolute Gasteiger partial charge is 0.337 e. The van der Waals surface area contributed by atoms with Gasteiger partial charge in [0.25, 0.3) is 0 Å². The summed E-state index contributed by atoms with van der Waals surface area (Å²) in [5, 5.41) is 14.5. The van der Waals surface area contributed by atoms with Crippen molar-refractivity contribution in [3.05, 3.63) is 29.3 Å². The van der Waals surface area contributed by atoms with Crippen LogP contribution in [0, 0.1) is 18.3 Å². The highest BCUT2D eigenvalue weighted by Gasteiger charge is 2.45. The molecule has 1 aliphatic rings. The Labute approximate surface area is 118 Å². The van der Waals surface area contributed by atoms with Crippen molar-refractivity contribution < 1.29 is 14.7 Å². The molecule has 20 heavy (non-hydrogen) atoms. The molecule has 1 aromatic rings. The Hall–Kier alpha value is -2.04. The molecule has 1 saturated carbocycles. The SMILES string of the molecule is Cc1ccc(NC(=O)NCC2CC2(C)C)c(C(=O)O)c1. The topological polar surface area (TPSA) is 78.4 Å². The minimum atomic E-state index is -1.05. The molecule has 1 aromatic carbocycles. The molecule has 1 atom stereocenters. The van der Waals surface area contributed by atoms with E-state index in [9.17, 15) is 9.59 Å². The normalized spacial score (nSPS) is 19.2. The molecule has 3 N–H and O–H groups in total. The second-order valence-electron chi connectivity index (χ2n) is 6.08. The molecule has 0 aliphatic heterocycles. The van der Waals surface area contributed by atoms with Gasteiger partial charge in [0, 0.05) is 6.54 Å². The van der Waals surface area contributed by atoms with E-state index in [0.29, 0.717) is 23.6 Å². The van der Waals surface area contributed by atoms with Gasteiger partial charge in [-0.25, -0.2) is 9.59 Å². The molecule has 5 heteroatoms. The summed E-state index contributed by atoms with van der Waals surface area (Å²) in [6.07, 6.45) is 1.11. The van der Waals surface area contributed by atoms with Crippen LogP contribution in [0.3, 0.4) is 0 Å². The number of hydrogen-bond acceptors (Lipinski definition) is 2. The number of rotatable bonds is 4. The molecule has 5 nitrogen and oxygen atoms in total. The summed E-state index contributed by atoms with van der Waals surface area (Å²) in [7, 11) is 0. The maximum Gasteiger partial charge on any atom is 0.337 e. The number of anilines is 1. The average Bonchev–Trinajstić information content (AvgIpc) is 2.96. The third-order valence-corrected chi connectivity index (χ3v) is 3.88. The molecule has 2 amide bonds. The zero-order chi connectivity index (χ0) is 14.9. The second kappa shape index (κ2) is 5.15. The number of hydrogen-bond donors (Lipinski definition) is 3. The molecular formula is C15H20N2O3. The Morgan fingerprint density at radius 2 is 2.05 bits per heavy atom. The zero-order valence-corrected chi connectivity index (χ0v) is 12.0. The lowest BCUT2D eigenvalue weighted by atomic mass is 10.1. The maximum absolute atomic E-state index is 11.8. The average molecular weight is 276 g/mol. The number of benzene rings is 1. The van der Waals surface area contributed by atoms with Crippen molar-refractivity contribution in [2.45, 2.75) is 27.2 Å². The summed E-state index contributed by atoms with van der Waals surface area (Å²) >= 11 is 0. The molecule has 0 radical (unpaired) electrons. The molecule has 1 aliphatic carbocycles. The molecule has 0 aromatic heterocycles. The number of carboxylic acid groups (broad SMARTS) is 1. The van der Waals surface area contributed by atoms with Gasteiger partial charge in [-0.15, -0.1) is 0 Å². The van der Waals surface area contributed by atoms with Crippen LogP contribution in [0.4, 0.5) is 10.5 Å². The van der Waals surface area contributed by atoms with Crippen LogP contribution in [0.2, 0.25) is 0 Å². The van der Waals surface area contributed by atoms with Crippen molar-refractivity contribution in [3.63, 3.8) is 0 Å². The summed E-state index contributed by atoms with van der Waals surface area (Å²) in [6, 6.07) is 4.56.